The Balaban J connectivity index is 2.10. The first-order valence-corrected chi connectivity index (χ1v) is 8.35. The number of ether oxygens (including phenoxy) is 3. The predicted molar refractivity (Wildman–Crippen MR) is 96.4 cm³/mol. The van der Waals surface area contributed by atoms with Gasteiger partial charge in [0.25, 0.3) is 0 Å². The second kappa shape index (κ2) is 9.64. The molecule has 0 heterocycles. The zero-order chi connectivity index (χ0) is 17.2. The number of rotatable bonds is 7. The zero-order valence-corrected chi connectivity index (χ0v) is 14.5. The molecule has 2 rings (SSSR count). The molecule has 0 aromatic heterocycles. The van der Waals surface area contributed by atoms with Crippen LogP contribution in [0, 0.1) is 11.8 Å². The van der Waals surface area contributed by atoms with Gasteiger partial charge in [-0.05, 0) is 56.7 Å². The topological polar surface area (TPSA) is 27.7 Å². The van der Waals surface area contributed by atoms with E-state index in [1.54, 1.807) is 0 Å². The van der Waals surface area contributed by atoms with E-state index in [1.165, 1.54) is 0 Å². The fourth-order valence-corrected chi connectivity index (χ4v) is 2.11. The summed E-state index contributed by atoms with van der Waals surface area (Å²) in [6.45, 7) is 7.25. The van der Waals surface area contributed by atoms with E-state index in [4.69, 9.17) is 14.2 Å². The van der Waals surface area contributed by atoms with Gasteiger partial charge in [0.2, 0.25) is 0 Å². The highest BCUT2D eigenvalue weighted by Gasteiger charge is 2.06. The van der Waals surface area contributed by atoms with Gasteiger partial charge in [0.1, 0.15) is 11.5 Å². The molecule has 0 N–H and O–H groups in total. The van der Waals surface area contributed by atoms with Crippen molar-refractivity contribution in [3.05, 3.63) is 59.7 Å². The second-order valence-electron chi connectivity index (χ2n) is 5.26. The molecule has 1 unspecified atom stereocenters. The maximum atomic E-state index is 5.79. The molecule has 0 spiro atoms. The smallest absolute Gasteiger partial charge is 0.197 e. The zero-order valence-electron chi connectivity index (χ0n) is 14.5. The van der Waals surface area contributed by atoms with Crippen LogP contribution in [-0.4, -0.2) is 19.5 Å². The van der Waals surface area contributed by atoms with Crippen LogP contribution in [0.2, 0.25) is 0 Å². The lowest BCUT2D eigenvalue weighted by molar-refractivity contribution is -0.0614. The summed E-state index contributed by atoms with van der Waals surface area (Å²) in [6.07, 6.45) is 0.700. The van der Waals surface area contributed by atoms with Crippen LogP contribution in [0.1, 0.15) is 38.3 Å². The molecule has 126 valence electrons. The molecular weight excluding hydrogens is 300 g/mol. The monoisotopic (exact) mass is 324 g/mol. The van der Waals surface area contributed by atoms with Crippen LogP contribution >= 0.6 is 0 Å². The van der Waals surface area contributed by atoms with E-state index in [-0.39, 0.29) is 6.29 Å². The van der Waals surface area contributed by atoms with Crippen LogP contribution < -0.4 is 9.47 Å². The summed E-state index contributed by atoms with van der Waals surface area (Å²) >= 11 is 0. The molecular formula is C21H24O3. The highest BCUT2D eigenvalue weighted by molar-refractivity contribution is 5.50. The summed E-state index contributed by atoms with van der Waals surface area (Å²) in [4.78, 5) is 0. The molecule has 0 fully saturated rings. The summed E-state index contributed by atoms with van der Waals surface area (Å²) < 4.78 is 16.8. The molecule has 24 heavy (non-hydrogen) atoms. The Hall–Kier alpha value is -2.44. The maximum absolute atomic E-state index is 5.79. The first kappa shape index (κ1) is 17.9. The average molecular weight is 324 g/mol. The first-order chi connectivity index (χ1) is 11.7. The van der Waals surface area contributed by atoms with Gasteiger partial charge in [0.15, 0.2) is 6.29 Å². The van der Waals surface area contributed by atoms with Gasteiger partial charge in [-0.25, -0.2) is 0 Å². The fraction of sp³-hybridized carbons (Fsp3) is 0.333. The minimum Gasteiger partial charge on any atom is -0.494 e. The van der Waals surface area contributed by atoms with Gasteiger partial charge in [-0.3, -0.25) is 0 Å². The third-order valence-electron chi connectivity index (χ3n) is 3.25. The van der Waals surface area contributed by atoms with Gasteiger partial charge in [0.05, 0.1) is 12.2 Å². The summed E-state index contributed by atoms with van der Waals surface area (Å²) in [5.74, 6) is 7.93. The standard InChI is InChI=1S/C21H24O3/c1-4-16-23-20-14-11-18(12-15-20)10-13-19-8-6-7-9-21(19)24-17(3)22-5-2/h6-9,11-12,14-15,17H,4-5,16H2,1-3H3. The lowest BCUT2D eigenvalue weighted by atomic mass is 10.1. The van der Waals surface area contributed by atoms with Crippen molar-refractivity contribution in [3.8, 4) is 23.3 Å². The summed E-state index contributed by atoms with van der Waals surface area (Å²) in [7, 11) is 0. The molecule has 1 atom stereocenters. The molecule has 0 aliphatic heterocycles. The number of para-hydroxylation sites is 1. The van der Waals surface area contributed by atoms with Gasteiger partial charge in [-0.1, -0.05) is 30.9 Å². The van der Waals surface area contributed by atoms with Gasteiger partial charge < -0.3 is 14.2 Å². The Bertz CT molecular complexity index is 680. The van der Waals surface area contributed by atoms with E-state index in [0.717, 1.165) is 35.7 Å². The van der Waals surface area contributed by atoms with Crippen molar-refractivity contribution in [1.82, 2.24) is 0 Å². The fourth-order valence-electron chi connectivity index (χ4n) is 2.11. The quantitative estimate of drug-likeness (QED) is 0.549. The minimum absolute atomic E-state index is 0.298. The molecule has 0 amide bonds. The first-order valence-electron chi connectivity index (χ1n) is 8.35. The van der Waals surface area contributed by atoms with Crippen molar-refractivity contribution in [2.45, 2.75) is 33.5 Å². The molecule has 3 nitrogen and oxygen atoms in total. The van der Waals surface area contributed by atoms with Gasteiger partial charge in [-0.15, -0.1) is 0 Å². The SMILES string of the molecule is CCCOc1ccc(C#Cc2ccccc2OC(C)OCC)cc1. The Morgan fingerprint density at radius 1 is 0.958 bits per heavy atom. The molecule has 0 radical (unpaired) electrons. The summed E-state index contributed by atoms with van der Waals surface area (Å²) in [5.41, 5.74) is 1.78. The van der Waals surface area contributed by atoms with Crippen LogP contribution in [0.25, 0.3) is 0 Å². The van der Waals surface area contributed by atoms with E-state index in [2.05, 4.69) is 18.8 Å². The van der Waals surface area contributed by atoms with Gasteiger partial charge in [-0.2, -0.15) is 0 Å². The van der Waals surface area contributed by atoms with E-state index in [1.807, 2.05) is 62.4 Å². The molecule has 0 aliphatic carbocycles. The number of hydrogen-bond acceptors (Lipinski definition) is 3. The lowest BCUT2D eigenvalue weighted by Crippen LogP contribution is -2.16. The Kier molecular flexibility index (Phi) is 7.20. The molecule has 3 heteroatoms. The van der Waals surface area contributed by atoms with Crippen LogP contribution in [-0.2, 0) is 4.74 Å². The Morgan fingerprint density at radius 2 is 1.71 bits per heavy atom. The van der Waals surface area contributed by atoms with E-state index >= 15 is 0 Å². The Labute approximate surface area is 144 Å². The molecule has 0 aliphatic rings. The van der Waals surface area contributed by atoms with Crippen LogP contribution in [0.15, 0.2) is 48.5 Å². The van der Waals surface area contributed by atoms with Crippen LogP contribution in [0.3, 0.4) is 0 Å². The van der Waals surface area contributed by atoms with E-state index < -0.39 is 0 Å². The largest absolute Gasteiger partial charge is 0.494 e. The Morgan fingerprint density at radius 3 is 2.42 bits per heavy atom. The van der Waals surface area contributed by atoms with Crippen molar-refractivity contribution < 1.29 is 14.2 Å². The van der Waals surface area contributed by atoms with Crippen LogP contribution in [0.4, 0.5) is 0 Å². The highest BCUT2D eigenvalue weighted by atomic mass is 16.7. The minimum atomic E-state index is -0.298. The van der Waals surface area contributed by atoms with Crippen molar-refractivity contribution in [2.24, 2.45) is 0 Å². The maximum Gasteiger partial charge on any atom is 0.197 e. The number of hydrogen-bond donors (Lipinski definition) is 0. The van der Waals surface area contributed by atoms with Crippen molar-refractivity contribution >= 4 is 0 Å². The summed E-state index contributed by atoms with van der Waals surface area (Å²) in [5, 5.41) is 0. The number of benzene rings is 2. The normalized spacial score (nSPS) is 11.3. The van der Waals surface area contributed by atoms with E-state index in [0.29, 0.717) is 6.61 Å². The van der Waals surface area contributed by atoms with E-state index in [9.17, 15) is 0 Å². The van der Waals surface area contributed by atoms with Crippen molar-refractivity contribution in [3.63, 3.8) is 0 Å². The van der Waals surface area contributed by atoms with Crippen molar-refractivity contribution in [2.75, 3.05) is 13.2 Å². The molecule has 0 saturated carbocycles. The van der Waals surface area contributed by atoms with Gasteiger partial charge >= 0.3 is 0 Å². The third-order valence-corrected chi connectivity index (χ3v) is 3.25. The molecule has 2 aromatic rings. The highest BCUT2D eigenvalue weighted by Crippen LogP contribution is 2.19. The molecule has 0 saturated heterocycles. The predicted octanol–water partition coefficient (Wildman–Crippen LogP) is 4.64. The van der Waals surface area contributed by atoms with Crippen molar-refractivity contribution in [1.29, 1.82) is 0 Å². The lowest BCUT2D eigenvalue weighted by Gasteiger charge is -2.15. The third kappa shape index (κ3) is 5.64. The van der Waals surface area contributed by atoms with Gasteiger partial charge in [0, 0.05) is 12.2 Å². The molecule has 0 bridgehead atoms. The van der Waals surface area contributed by atoms with Crippen LogP contribution in [0.5, 0.6) is 11.5 Å². The molecule has 2 aromatic carbocycles. The average Bonchev–Trinajstić information content (AvgIpc) is 2.60. The summed E-state index contributed by atoms with van der Waals surface area (Å²) in [6, 6.07) is 15.5. The second-order valence-corrected chi connectivity index (χ2v) is 5.26.